The molecule has 0 amide bonds. The van der Waals surface area contributed by atoms with Gasteiger partial charge in [0.2, 0.25) is 0 Å². The second-order valence-corrected chi connectivity index (χ2v) is 3.83. The molecule has 4 nitrogen and oxygen atoms in total. The van der Waals surface area contributed by atoms with E-state index in [1.165, 1.54) is 18.5 Å². The van der Waals surface area contributed by atoms with E-state index < -0.39 is 11.6 Å². The summed E-state index contributed by atoms with van der Waals surface area (Å²) >= 11 is 0. The summed E-state index contributed by atoms with van der Waals surface area (Å²) in [6, 6.07) is 3.56. The predicted molar refractivity (Wildman–Crippen MR) is 62.6 cm³/mol. The fourth-order valence-electron chi connectivity index (χ4n) is 1.66. The summed E-state index contributed by atoms with van der Waals surface area (Å²) in [7, 11) is 0. The molecule has 0 radical (unpaired) electrons. The molecule has 6 heteroatoms. The van der Waals surface area contributed by atoms with Crippen LogP contribution in [0, 0.1) is 11.6 Å². The van der Waals surface area contributed by atoms with Gasteiger partial charge < -0.3 is 5.32 Å². The Bertz CT molecular complexity index is 525. The first-order valence-corrected chi connectivity index (χ1v) is 5.72. The minimum atomic E-state index is -0.568. The topological polar surface area (TPSA) is 42.7 Å². The van der Waals surface area contributed by atoms with Gasteiger partial charge in [-0.15, -0.1) is 0 Å². The zero-order valence-corrected chi connectivity index (χ0v) is 10.0. The molecule has 0 bridgehead atoms. The quantitative estimate of drug-likeness (QED) is 0.883. The zero-order valence-electron chi connectivity index (χ0n) is 10.0. The number of halogens is 2. The Morgan fingerprint density at radius 2 is 2.11 bits per heavy atom. The standard InChI is InChI=1S/C12H14F2N4/c1-2-18-12(16-8-17-18)7-15-6-9-3-4-10(13)5-11(9)14/h3-5,8,15H,2,6-7H2,1H3. The van der Waals surface area contributed by atoms with Gasteiger partial charge in [0, 0.05) is 24.7 Å². The van der Waals surface area contributed by atoms with Gasteiger partial charge in [0.1, 0.15) is 23.8 Å². The van der Waals surface area contributed by atoms with Gasteiger partial charge in [0.25, 0.3) is 0 Å². The van der Waals surface area contributed by atoms with E-state index in [0.717, 1.165) is 18.4 Å². The fourth-order valence-corrected chi connectivity index (χ4v) is 1.66. The first kappa shape index (κ1) is 12.6. The van der Waals surface area contributed by atoms with Gasteiger partial charge in [0.05, 0.1) is 6.54 Å². The highest BCUT2D eigenvalue weighted by molar-refractivity contribution is 5.18. The molecule has 1 aromatic carbocycles. The highest BCUT2D eigenvalue weighted by Crippen LogP contribution is 2.09. The summed E-state index contributed by atoms with van der Waals surface area (Å²) in [4.78, 5) is 4.09. The van der Waals surface area contributed by atoms with E-state index in [-0.39, 0.29) is 0 Å². The van der Waals surface area contributed by atoms with Crippen LogP contribution >= 0.6 is 0 Å². The SMILES string of the molecule is CCn1ncnc1CNCc1ccc(F)cc1F. The Morgan fingerprint density at radius 3 is 2.83 bits per heavy atom. The Balaban J connectivity index is 1.92. The second kappa shape index (κ2) is 5.68. The van der Waals surface area contributed by atoms with Crippen molar-refractivity contribution in [2.45, 2.75) is 26.6 Å². The number of benzene rings is 1. The van der Waals surface area contributed by atoms with Crippen LogP contribution in [-0.2, 0) is 19.6 Å². The molecule has 0 aliphatic carbocycles. The number of hydrogen-bond donors (Lipinski definition) is 1. The van der Waals surface area contributed by atoms with Crippen LogP contribution in [0.4, 0.5) is 8.78 Å². The molecule has 0 fully saturated rings. The second-order valence-electron chi connectivity index (χ2n) is 3.83. The summed E-state index contributed by atoms with van der Waals surface area (Å²) in [5.74, 6) is -0.318. The summed E-state index contributed by atoms with van der Waals surface area (Å²) in [6.45, 7) is 3.52. The molecule has 2 rings (SSSR count). The Hall–Kier alpha value is -1.82. The molecule has 0 saturated carbocycles. The molecule has 1 N–H and O–H groups in total. The van der Waals surface area contributed by atoms with Crippen molar-refractivity contribution in [3.8, 4) is 0 Å². The number of aryl methyl sites for hydroxylation is 1. The van der Waals surface area contributed by atoms with Crippen LogP contribution in [0.1, 0.15) is 18.3 Å². The van der Waals surface area contributed by atoms with E-state index in [9.17, 15) is 8.78 Å². The molecule has 96 valence electrons. The lowest BCUT2D eigenvalue weighted by Gasteiger charge is -2.06. The molecule has 18 heavy (non-hydrogen) atoms. The average molecular weight is 252 g/mol. The number of nitrogens with one attached hydrogen (secondary N) is 1. The molecule has 1 aromatic heterocycles. The van der Waals surface area contributed by atoms with Crippen LogP contribution in [0.3, 0.4) is 0 Å². The van der Waals surface area contributed by atoms with Gasteiger partial charge in [-0.2, -0.15) is 5.10 Å². The smallest absolute Gasteiger partial charge is 0.140 e. The van der Waals surface area contributed by atoms with Crippen molar-refractivity contribution in [3.63, 3.8) is 0 Å². The first-order valence-electron chi connectivity index (χ1n) is 5.72. The van der Waals surface area contributed by atoms with Crippen molar-refractivity contribution in [2.75, 3.05) is 0 Å². The van der Waals surface area contributed by atoms with Crippen molar-refractivity contribution in [3.05, 3.63) is 47.5 Å². The lowest BCUT2D eigenvalue weighted by atomic mass is 10.2. The molecule has 0 saturated heterocycles. The van der Waals surface area contributed by atoms with E-state index in [1.807, 2.05) is 6.92 Å². The Labute approximate surface area is 104 Å². The van der Waals surface area contributed by atoms with Crippen LogP contribution in [0.5, 0.6) is 0 Å². The first-order chi connectivity index (χ1) is 8.70. The van der Waals surface area contributed by atoms with Gasteiger partial charge in [-0.3, -0.25) is 0 Å². The van der Waals surface area contributed by atoms with Crippen LogP contribution in [0.2, 0.25) is 0 Å². The fraction of sp³-hybridized carbons (Fsp3) is 0.333. The van der Waals surface area contributed by atoms with Gasteiger partial charge in [-0.1, -0.05) is 6.07 Å². The molecule has 0 aliphatic rings. The molecular weight excluding hydrogens is 238 g/mol. The average Bonchev–Trinajstić information content (AvgIpc) is 2.79. The molecule has 0 unspecified atom stereocenters. The van der Waals surface area contributed by atoms with E-state index >= 15 is 0 Å². The molecule has 2 aromatic rings. The van der Waals surface area contributed by atoms with Gasteiger partial charge in [0.15, 0.2) is 0 Å². The van der Waals surface area contributed by atoms with Crippen molar-refractivity contribution in [2.24, 2.45) is 0 Å². The van der Waals surface area contributed by atoms with Crippen molar-refractivity contribution >= 4 is 0 Å². The number of hydrogen-bond acceptors (Lipinski definition) is 3. The van der Waals surface area contributed by atoms with E-state index in [0.29, 0.717) is 18.7 Å². The maximum atomic E-state index is 13.3. The molecule has 0 atom stereocenters. The number of nitrogens with zero attached hydrogens (tertiary/aromatic N) is 3. The minimum Gasteiger partial charge on any atom is -0.306 e. The number of aromatic nitrogens is 3. The normalized spacial score (nSPS) is 10.8. The van der Waals surface area contributed by atoms with E-state index in [1.54, 1.807) is 4.68 Å². The maximum absolute atomic E-state index is 13.3. The van der Waals surface area contributed by atoms with Crippen LogP contribution in [0.25, 0.3) is 0 Å². The van der Waals surface area contributed by atoms with Gasteiger partial charge in [-0.05, 0) is 13.0 Å². The summed E-state index contributed by atoms with van der Waals surface area (Å²) < 4.78 is 27.8. The van der Waals surface area contributed by atoms with E-state index in [4.69, 9.17) is 0 Å². The van der Waals surface area contributed by atoms with Crippen molar-refractivity contribution in [1.82, 2.24) is 20.1 Å². The highest BCUT2D eigenvalue weighted by atomic mass is 19.1. The summed E-state index contributed by atoms with van der Waals surface area (Å²) in [5.41, 5.74) is 0.430. The monoisotopic (exact) mass is 252 g/mol. The van der Waals surface area contributed by atoms with Crippen LogP contribution in [-0.4, -0.2) is 14.8 Å². The van der Waals surface area contributed by atoms with Crippen molar-refractivity contribution < 1.29 is 8.78 Å². The van der Waals surface area contributed by atoms with Crippen molar-refractivity contribution in [1.29, 1.82) is 0 Å². The molecule has 0 aliphatic heterocycles. The number of rotatable bonds is 5. The Kier molecular flexibility index (Phi) is 3.99. The lowest BCUT2D eigenvalue weighted by Crippen LogP contribution is -2.17. The molecular formula is C12H14F2N4. The third kappa shape index (κ3) is 2.89. The largest absolute Gasteiger partial charge is 0.306 e. The maximum Gasteiger partial charge on any atom is 0.140 e. The summed E-state index contributed by atoms with van der Waals surface area (Å²) in [5, 5.41) is 7.08. The third-order valence-electron chi connectivity index (χ3n) is 2.61. The molecule has 1 heterocycles. The molecule has 0 spiro atoms. The zero-order chi connectivity index (χ0) is 13.0. The van der Waals surface area contributed by atoms with Gasteiger partial charge >= 0.3 is 0 Å². The minimum absolute atomic E-state index is 0.322. The summed E-state index contributed by atoms with van der Waals surface area (Å²) in [6.07, 6.45) is 1.49. The lowest BCUT2D eigenvalue weighted by molar-refractivity contribution is 0.544. The van der Waals surface area contributed by atoms with E-state index in [2.05, 4.69) is 15.4 Å². The Morgan fingerprint density at radius 1 is 1.28 bits per heavy atom. The highest BCUT2D eigenvalue weighted by Gasteiger charge is 2.05. The third-order valence-corrected chi connectivity index (χ3v) is 2.61. The predicted octanol–water partition coefficient (Wildman–Crippen LogP) is 1.87. The van der Waals surface area contributed by atoms with Gasteiger partial charge in [-0.25, -0.2) is 18.4 Å². The van der Waals surface area contributed by atoms with Crippen LogP contribution < -0.4 is 5.32 Å². The van der Waals surface area contributed by atoms with Crippen LogP contribution in [0.15, 0.2) is 24.5 Å².